The lowest BCUT2D eigenvalue weighted by molar-refractivity contribution is 0.0160. The summed E-state index contributed by atoms with van der Waals surface area (Å²) in [4.78, 5) is 27.0. The lowest BCUT2D eigenvalue weighted by Gasteiger charge is -2.30. The Kier molecular flexibility index (Phi) is 6.60. The summed E-state index contributed by atoms with van der Waals surface area (Å²) in [5.41, 5.74) is 3.44. The van der Waals surface area contributed by atoms with Crippen LogP contribution in [0.4, 0.5) is 13.2 Å². The van der Waals surface area contributed by atoms with Gasteiger partial charge in [0, 0.05) is 30.4 Å². The van der Waals surface area contributed by atoms with Gasteiger partial charge >= 0.3 is 0 Å². The summed E-state index contributed by atoms with van der Waals surface area (Å²) in [6, 6.07) is 9.74. The van der Waals surface area contributed by atoms with Crippen LogP contribution < -0.4 is 5.56 Å². The third-order valence-electron chi connectivity index (χ3n) is 7.46. The van der Waals surface area contributed by atoms with Gasteiger partial charge in [-0.3, -0.25) is 19.3 Å². The summed E-state index contributed by atoms with van der Waals surface area (Å²) in [5.74, 6) is -3.22. The van der Waals surface area contributed by atoms with Gasteiger partial charge in [0.15, 0.2) is 5.65 Å². The molecule has 0 atom stereocenters. The first-order valence-corrected chi connectivity index (χ1v) is 12.6. The van der Waals surface area contributed by atoms with Crippen molar-refractivity contribution in [2.24, 2.45) is 0 Å². The summed E-state index contributed by atoms with van der Waals surface area (Å²) in [6.45, 7) is 4.39. The molecule has 0 radical (unpaired) electrons. The number of pyridine rings is 2. The Morgan fingerprint density at radius 3 is 2.46 bits per heavy atom. The van der Waals surface area contributed by atoms with Crippen molar-refractivity contribution in [2.75, 3.05) is 0 Å². The topological polar surface area (TPSA) is 60.7 Å². The molecule has 1 aromatic carbocycles. The van der Waals surface area contributed by atoms with Crippen LogP contribution in [0.1, 0.15) is 78.1 Å². The summed E-state index contributed by atoms with van der Waals surface area (Å²) >= 11 is 0. The van der Waals surface area contributed by atoms with E-state index in [4.69, 9.17) is 0 Å². The van der Waals surface area contributed by atoms with Gasteiger partial charge < -0.3 is 0 Å². The van der Waals surface area contributed by atoms with Crippen LogP contribution in [0.5, 0.6) is 0 Å². The second-order valence-corrected chi connectivity index (χ2v) is 10.1. The Morgan fingerprint density at radius 2 is 1.76 bits per heavy atom. The van der Waals surface area contributed by atoms with Crippen LogP contribution in [0.2, 0.25) is 0 Å². The van der Waals surface area contributed by atoms with Crippen LogP contribution in [0.25, 0.3) is 11.2 Å². The molecular weight excluding hydrogens is 477 g/mol. The summed E-state index contributed by atoms with van der Waals surface area (Å²) < 4.78 is 44.6. The maximum atomic E-state index is 14.6. The molecule has 0 spiro atoms. The van der Waals surface area contributed by atoms with Crippen LogP contribution in [0.15, 0.2) is 53.6 Å². The molecule has 8 heteroatoms. The highest BCUT2D eigenvalue weighted by Crippen LogP contribution is 2.41. The number of halogens is 3. The number of aromatic nitrogens is 4. The maximum absolute atomic E-state index is 14.6. The molecule has 0 saturated heterocycles. The molecule has 5 nitrogen and oxygen atoms in total. The zero-order valence-electron chi connectivity index (χ0n) is 21.1. The first-order valence-electron chi connectivity index (χ1n) is 12.6. The van der Waals surface area contributed by atoms with Gasteiger partial charge in [-0.1, -0.05) is 12.1 Å². The number of nitrogens with zero attached hydrogens (tertiary/aromatic N) is 4. The number of aryl methyl sites for hydroxylation is 2. The molecule has 0 unspecified atom stereocenters. The largest absolute Gasteiger partial charge is 0.285 e. The quantitative estimate of drug-likeness (QED) is 0.308. The Hall–Kier alpha value is -3.55. The van der Waals surface area contributed by atoms with Crippen LogP contribution in [-0.4, -0.2) is 19.5 Å². The zero-order chi connectivity index (χ0) is 26.3. The van der Waals surface area contributed by atoms with E-state index in [9.17, 15) is 18.0 Å². The van der Waals surface area contributed by atoms with Gasteiger partial charge in [-0.2, -0.15) is 0 Å². The van der Waals surface area contributed by atoms with Crippen molar-refractivity contribution >= 4 is 11.2 Å². The third-order valence-corrected chi connectivity index (χ3v) is 7.46. The highest BCUT2D eigenvalue weighted by atomic mass is 19.3. The van der Waals surface area contributed by atoms with Gasteiger partial charge in [0.1, 0.15) is 11.3 Å². The number of alkyl halides is 2. The minimum atomic E-state index is -3.11. The minimum Gasteiger partial charge on any atom is -0.285 e. The lowest BCUT2D eigenvalue weighted by Crippen LogP contribution is -2.29. The molecule has 0 aliphatic heterocycles. The Balaban J connectivity index is 1.53. The first kappa shape index (κ1) is 25.1. The van der Waals surface area contributed by atoms with E-state index in [0.717, 1.165) is 43.7 Å². The molecule has 4 aromatic rings. The van der Waals surface area contributed by atoms with Gasteiger partial charge in [0.25, 0.3) is 11.5 Å². The molecule has 1 aliphatic rings. The van der Waals surface area contributed by atoms with E-state index >= 15 is 0 Å². The average Bonchev–Trinajstić information content (AvgIpc) is 2.86. The molecule has 0 bridgehead atoms. The minimum absolute atomic E-state index is 0.0367. The second kappa shape index (κ2) is 9.72. The molecule has 3 heterocycles. The second-order valence-electron chi connectivity index (χ2n) is 10.1. The molecule has 1 aliphatic carbocycles. The van der Waals surface area contributed by atoms with E-state index in [-0.39, 0.29) is 41.0 Å². The standard InChI is InChI=1S/C29H29F3N4O/c1-17-6-4-8-23(30)26(17)20-11-9-19(10-12-20)21-14-24-27(35-18(2)15-34-24)36(28(21)37)16-25-22(29(3,31)32)7-5-13-33-25/h4-8,13-15,19-20H,9-12,16H2,1-3H3/t19-,20-. The highest BCUT2D eigenvalue weighted by molar-refractivity contribution is 5.71. The van der Waals surface area contributed by atoms with E-state index in [0.29, 0.717) is 22.4 Å². The molecule has 0 N–H and O–H groups in total. The van der Waals surface area contributed by atoms with Crippen LogP contribution in [-0.2, 0) is 12.5 Å². The van der Waals surface area contributed by atoms with Gasteiger partial charge in [0.2, 0.25) is 0 Å². The highest BCUT2D eigenvalue weighted by Gasteiger charge is 2.31. The number of hydrogen-bond acceptors (Lipinski definition) is 4. The SMILES string of the molecule is Cc1cnc2cc([C@H]3CC[C@H](c4c(C)cccc4F)CC3)c(=O)n(Cc3ncccc3C(C)(F)F)c2n1. The molecular formula is C29H29F3N4O. The third kappa shape index (κ3) is 4.89. The first-order chi connectivity index (χ1) is 17.6. The average molecular weight is 507 g/mol. The van der Waals surface area contributed by atoms with Crippen molar-refractivity contribution in [2.45, 2.75) is 70.8 Å². The van der Waals surface area contributed by atoms with E-state index in [1.807, 2.05) is 13.0 Å². The van der Waals surface area contributed by atoms with E-state index in [1.165, 1.54) is 29.0 Å². The number of benzene rings is 1. The molecule has 0 amide bonds. The zero-order valence-corrected chi connectivity index (χ0v) is 21.1. The van der Waals surface area contributed by atoms with E-state index in [1.54, 1.807) is 25.3 Å². The fourth-order valence-electron chi connectivity index (χ4n) is 5.64. The fourth-order valence-corrected chi connectivity index (χ4v) is 5.64. The van der Waals surface area contributed by atoms with E-state index < -0.39 is 5.92 Å². The number of hydrogen-bond donors (Lipinski definition) is 0. The molecule has 1 fully saturated rings. The molecule has 37 heavy (non-hydrogen) atoms. The van der Waals surface area contributed by atoms with Gasteiger partial charge in [-0.15, -0.1) is 0 Å². The van der Waals surface area contributed by atoms with Crippen molar-refractivity contribution in [1.29, 1.82) is 0 Å². The summed E-state index contributed by atoms with van der Waals surface area (Å²) in [7, 11) is 0. The monoisotopic (exact) mass is 506 g/mol. The molecule has 3 aromatic heterocycles. The number of fused-ring (bicyclic) bond motifs is 1. The van der Waals surface area contributed by atoms with Crippen LogP contribution in [0, 0.1) is 19.7 Å². The lowest BCUT2D eigenvalue weighted by atomic mass is 9.75. The maximum Gasteiger partial charge on any atom is 0.272 e. The fraction of sp³-hybridized carbons (Fsp3) is 0.379. The van der Waals surface area contributed by atoms with Crippen molar-refractivity contribution < 1.29 is 13.2 Å². The number of rotatable bonds is 5. The van der Waals surface area contributed by atoms with Crippen molar-refractivity contribution in [1.82, 2.24) is 19.5 Å². The van der Waals surface area contributed by atoms with Crippen molar-refractivity contribution in [3.8, 4) is 0 Å². The van der Waals surface area contributed by atoms with Crippen LogP contribution in [0.3, 0.4) is 0 Å². The van der Waals surface area contributed by atoms with Crippen molar-refractivity contribution in [3.05, 3.63) is 98.6 Å². The predicted molar refractivity (Wildman–Crippen MR) is 137 cm³/mol. The van der Waals surface area contributed by atoms with Crippen LogP contribution >= 0.6 is 0 Å². The smallest absolute Gasteiger partial charge is 0.272 e. The van der Waals surface area contributed by atoms with Crippen molar-refractivity contribution in [3.63, 3.8) is 0 Å². The Labute approximate surface area is 213 Å². The molecule has 5 rings (SSSR count). The molecule has 1 saturated carbocycles. The van der Waals surface area contributed by atoms with Gasteiger partial charge in [-0.05, 0) is 86.8 Å². The Morgan fingerprint density at radius 1 is 1.03 bits per heavy atom. The summed E-state index contributed by atoms with van der Waals surface area (Å²) in [5, 5.41) is 0. The van der Waals surface area contributed by atoms with Gasteiger partial charge in [-0.25, -0.2) is 18.2 Å². The molecule has 192 valence electrons. The van der Waals surface area contributed by atoms with Gasteiger partial charge in [0.05, 0.1) is 17.9 Å². The predicted octanol–water partition coefficient (Wildman–Crippen LogP) is 6.54. The summed E-state index contributed by atoms with van der Waals surface area (Å²) in [6.07, 6.45) is 6.04. The van der Waals surface area contributed by atoms with E-state index in [2.05, 4.69) is 15.0 Å². The normalized spacial score (nSPS) is 18.3. The Bertz CT molecular complexity index is 1500.